The van der Waals surface area contributed by atoms with Crippen LogP contribution < -0.4 is 10.6 Å². The van der Waals surface area contributed by atoms with E-state index in [9.17, 15) is 27.6 Å². The second kappa shape index (κ2) is 11.2. The van der Waals surface area contributed by atoms with Crippen LogP contribution in [0, 0.1) is 5.92 Å². The van der Waals surface area contributed by atoms with E-state index in [0.717, 1.165) is 22.3 Å². The molecular formula is C25H27F3N2O5. The molecule has 0 aromatic heterocycles. The Hall–Kier alpha value is -3.56. The first-order chi connectivity index (χ1) is 16.6. The second-order valence-electron chi connectivity index (χ2n) is 8.39. The van der Waals surface area contributed by atoms with Crippen molar-refractivity contribution in [2.24, 2.45) is 5.92 Å². The van der Waals surface area contributed by atoms with Gasteiger partial charge in [-0.05, 0) is 28.7 Å². The molecule has 2 atom stereocenters. The van der Waals surface area contributed by atoms with Gasteiger partial charge >= 0.3 is 18.2 Å². The molecule has 2 aromatic rings. The quantitative estimate of drug-likeness (QED) is 0.454. The number of alkyl halides is 3. The van der Waals surface area contributed by atoms with Gasteiger partial charge in [-0.15, -0.1) is 0 Å². The molecule has 0 saturated heterocycles. The molecule has 0 saturated carbocycles. The number of benzene rings is 2. The summed E-state index contributed by atoms with van der Waals surface area (Å²) in [6.45, 7) is 0.610. The molecule has 2 aromatic carbocycles. The molecule has 0 fully saturated rings. The molecule has 0 bridgehead atoms. The molecule has 0 spiro atoms. The third-order valence-corrected chi connectivity index (χ3v) is 5.91. The van der Waals surface area contributed by atoms with Gasteiger partial charge in [0.25, 0.3) is 0 Å². The van der Waals surface area contributed by atoms with Gasteiger partial charge in [-0.25, -0.2) is 4.79 Å². The summed E-state index contributed by atoms with van der Waals surface area (Å²) in [6, 6.07) is 14.3. The summed E-state index contributed by atoms with van der Waals surface area (Å²) in [7, 11) is 0. The number of amides is 2. The molecule has 0 heterocycles. The third kappa shape index (κ3) is 6.52. The maximum Gasteiger partial charge on any atom is 0.407 e. The van der Waals surface area contributed by atoms with Crippen LogP contribution in [-0.2, 0) is 14.3 Å². The van der Waals surface area contributed by atoms with Crippen molar-refractivity contribution in [1.29, 1.82) is 0 Å². The first-order valence-electron chi connectivity index (χ1n) is 11.3. The zero-order valence-corrected chi connectivity index (χ0v) is 19.1. The number of carbonyl (C=O) groups excluding carboxylic acids is 2. The monoisotopic (exact) mass is 492 g/mol. The van der Waals surface area contributed by atoms with Crippen molar-refractivity contribution in [3.05, 3.63) is 59.7 Å². The zero-order valence-electron chi connectivity index (χ0n) is 19.1. The summed E-state index contributed by atoms with van der Waals surface area (Å²) in [6.07, 6.45) is -5.83. The van der Waals surface area contributed by atoms with Gasteiger partial charge in [-0.3, -0.25) is 9.59 Å². The van der Waals surface area contributed by atoms with E-state index >= 15 is 0 Å². The standard InChI is InChI=1S/C25H27F3N2O5/c1-2-7-15(12-22(31)32)30-23(33)21(25(26,27)28)13-29-24(34)35-14-20-18-10-5-3-8-16(18)17-9-4-6-11-19(17)20/h3-6,8-11,15,20-21H,2,7,12-14H2,1H3,(H,29,34)(H,30,33)(H,31,32)/t15-,21?/m1/s1. The number of carboxylic acid groups (broad SMARTS) is 1. The number of alkyl carbamates (subject to hydrolysis) is 1. The van der Waals surface area contributed by atoms with Crippen molar-refractivity contribution < 1.29 is 37.4 Å². The number of carboxylic acids is 1. The van der Waals surface area contributed by atoms with Gasteiger partial charge in [0.2, 0.25) is 5.91 Å². The Morgan fingerprint density at radius 2 is 1.60 bits per heavy atom. The summed E-state index contributed by atoms with van der Waals surface area (Å²) < 4.78 is 45.8. The summed E-state index contributed by atoms with van der Waals surface area (Å²) in [5, 5.41) is 13.1. The first-order valence-corrected chi connectivity index (χ1v) is 11.3. The normalized spacial score (nSPS) is 14.4. The Balaban J connectivity index is 1.61. The van der Waals surface area contributed by atoms with Crippen LogP contribution in [0.5, 0.6) is 0 Å². The van der Waals surface area contributed by atoms with Gasteiger partial charge in [-0.1, -0.05) is 61.9 Å². The summed E-state index contributed by atoms with van der Waals surface area (Å²) in [4.78, 5) is 35.5. The lowest BCUT2D eigenvalue weighted by Gasteiger charge is -2.23. The van der Waals surface area contributed by atoms with Crippen LogP contribution in [0.25, 0.3) is 11.1 Å². The molecule has 1 unspecified atom stereocenters. The maximum absolute atomic E-state index is 13.5. The minimum Gasteiger partial charge on any atom is -0.481 e. The number of carbonyl (C=O) groups is 3. The van der Waals surface area contributed by atoms with Crippen molar-refractivity contribution in [1.82, 2.24) is 10.6 Å². The van der Waals surface area contributed by atoms with Crippen LogP contribution in [0.3, 0.4) is 0 Å². The number of hydrogen-bond acceptors (Lipinski definition) is 4. The molecule has 3 rings (SSSR count). The Morgan fingerprint density at radius 3 is 2.11 bits per heavy atom. The van der Waals surface area contributed by atoms with Crippen LogP contribution >= 0.6 is 0 Å². The topological polar surface area (TPSA) is 105 Å². The lowest BCUT2D eigenvalue weighted by molar-refractivity contribution is -0.181. The fraction of sp³-hybridized carbons (Fsp3) is 0.400. The number of aliphatic carboxylic acids is 1. The Morgan fingerprint density at radius 1 is 1.03 bits per heavy atom. The van der Waals surface area contributed by atoms with Gasteiger partial charge in [0.1, 0.15) is 6.61 Å². The number of fused-ring (bicyclic) bond motifs is 3. The van der Waals surface area contributed by atoms with Crippen molar-refractivity contribution >= 4 is 18.0 Å². The van der Waals surface area contributed by atoms with Gasteiger partial charge in [-0.2, -0.15) is 13.2 Å². The van der Waals surface area contributed by atoms with Crippen molar-refractivity contribution in [2.45, 2.75) is 44.3 Å². The maximum atomic E-state index is 13.5. The van der Waals surface area contributed by atoms with E-state index in [0.29, 0.717) is 6.42 Å². The summed E-state index contributed by atoms with van der Waals surface area (Å²) in [5.74, 6) is -5.43. The van der Waals surface area contributed by atoms with Crippen molar-refractivity contribution in [3.8, 4) is 11.1 Å². The average molecular weight is 492 g/mol. The van der Waals surface area contributed by atoms with Crippen LogP contribution in [0.15, 0.2) is 48.5 Å². The fourth-order valence-electron chi connectivity index (χ4n) is 4.28. The molecular weight excluding hydrogens is 465 g/mol. The van der Waals surface area contributed by atoms with Crippen LogP contribution in [-0.4, -0.2) is 48.4 Å². The largest absolute Gasteiger partial charge is 0.481 e. The number of hydrogen-bond donors (Lipinski definition) is 3. The highest BCUT2D eigenvalue weighted by atomic mass is 19.4. The Labute approximate surface area is 200 Å². The van der Waals surface area contributed by atoms with E-state index in [1.54, 1.807) is 6.92 Å². The molecule has 0 radical (unpaired) electrons. The van der Waals surface area contributed by atoms with Crippen molar-refractivity contribution in [3.63, 3.8) is 0 Å². The number of halogens is 3. The highest BCUT2D eigenvalue weighted by Crippen LogP contribution is 2.44. The van der Waals surface area contributed by atoms with Crippen LogP contribution in [0.2, 0.25) is 0 Å². The van der Waals surface area contributed by atoms with E-state index in [-0.39, 0.29) is 18.9 Å². The van der Waals surface area contributed by atoms with Gasteiger partial charge in [0.15, 0.2) is 5.92 Å². The van der Waals surface area contributed by atoms with E-state index in [2.05, 4.69) is 5.32 Å². The molecule has 10 heteroatoms. The van der Waals surface area contributed by atoms with E-state index in [1.807, 2.05) is 53.8 Å². The van der Waals surface area contributed by atoms with E-state index < -0.39 is 49.1 Å². The highest BCUT2D eigenvalue weighted by molar-refractivity contribution is 5.82. The molecule has 7 nitrogen and oxygen atoms in total. The molecule has 3 N–H and O–H groups in total. The smallest absolute Gasteiger partial charge is 0.407 e. The second-order valence-corrected chi connectivity index (χ2v) is 8.39. The van der Waals surface area contributed by atoms with E-state index in [4.69, 9.17) is 9.84 Å². The predicted molar refractivity (Wildman–Crippen MR) is 122 cm³/mol. The summed E-state index contributed by atoms with van der Waals surface area (Å²) >= 11 is 0. The lowest BCUT2D eigenvalue weighted by Crippen LogP contribution is -2.49. The summed E-state index contributed by atoms with van der Waals surface area (Å²) in [5.41, 5.74) is 3.92. The molecule has 0 aliphatic heterocycles. The first kappa shape index (κ1) is 26.1. The lowest BCUT2D eigenvalue weighted by atomic mass is 9.98. The molecule has 188 valence electrons. The molecule has 35 heavy (non-hydrogen) atoms. The highest BCUT2D eigenvalue weighted by Gasteiger charge is 2.45. The number of rotatable bonds is 10. The van der Waals surface area contributed by atoms with Crippen molar-refractivity contribution in [2.75, 3.05) is 13.2 Å². The van der Waals surface area contributed by atoms with Crippen LogP contribution in [0.1, 0.15) is 43.2 Å². The van der Waals surface area contributed by atoms with Gasteiger partial charge in [0, 0.05) is 18.5 Å². The SMILES string of the molecule is CCC[C@H](CC(=O)O)NC(=O)C(CNC(=O)OCC1c2ccccc2-c2ccccc21)C(F)(F)F. The minimum atomic E-state index is -4.94. The fourth-order valence-corrected chi connectivity index (χ4v) is 4.28. The average Bonchev–Trinajstić information content (AvgIpc) is 3.10. The Kier molecular flexibility index (Phi) is 8.37. The molecule has 2 amide bonds. The zero-order chi connectivity index (χ0) is 25.6. The number of nitrogens with one attached hydrogen (secondary N) is 2. The molecule has 1 aliphatic carbocycles. The van der Waals surface area contributed by atoms with Gasteiger partial charge in [0.05, 0.1) is 6.42 Å². The number of ether oxygens (including phenoxy) is 1. The predicted octanol–water partition coefficient (Wildman–Crippen LogP) is 4.46. The van der Waals surface area contributed by atoms with Crippen LogP contribution in [0.4, 0.5) is 18.0 Å². The molecule has 1 aliphatic rings. The Bertz CT molecular complexity index is 1030. The third-order valence-electron chi connectivity index (χ3n) is 5.91. The minimum absolute atomic E-state index is 0.0834. The van der Waals surface area contributed by atoms with Gasteiger partial charge < -0.3 is 20.5 Å². The van der Waals surface area contributed by atoms with E-state index in [1.165, 1.54) is 0 Å².